The fraction of sp³-hybridized carbons (Fsp3) is 0.506. The average Bonchev–Trinajstić information content (AvgIpc) is 1.60. The highest BCUT2D eigenvalue weighted by molar-refractivity contribution is 7.86. The van der Waals surface area contributed by atoms with Gasteiger partial charge in [0.2, 0.25) is 5.91 Å². The molecule has 107 heavy (non-hydrogen) atoms. The van der Waals surface area contributed by atoms with Crippen molar-refractivity contribution in [2.75, 3.05) is 168 Å². The topological polar surface area (TPSA) is 319 Å². The number of aromatic nitrogens is 3. The first-order valence-electron chi connectivity index (χ1n) is 36.6. The molecule has 0 spiro atoms. The van der Waals surface area contributed by atoms with Crippen LogP contribution < -0.4 is 49.6 Å². The second-order valence-electron chi connectivity index (χ2n) is 26.7. The molecule has 2 aliphatic rings. The first-order chi connectivity index (χ1) is 51.2. The van der Waals surface area contributed by atoms with E-state index in [9.17, 15) is 28.2 Å². The standard InChI is InChI=1S/C79H108N10O16S.H2O/c1-11-30-103-61-46-62(48-63(47-61)105-75-51-71-70(86(7)79(94)87(71)8)50-69(75)84-106(95)64-17-20-74(96-9)76(49-64)97-10)104-32-13-12-24-85(6)54-60(90)15-14-31-98-34-36-100-38-40-102-41-39-101-37-35-99-33-22-78(93)81-23-25-88-26-28-89(29-27-88)77-21-16-58(53-82-77)59-44-66(67(52-80)68(45-59)83-55(2)3)72(91)19-18-65-57(5)42-56(4)43-73(65)92;/h16-17,20-21,42,44-53,55,80,83-84H,11-15,18-19,22-41,43,54H2,1-10H3,(H,81,93);1H2. The van der Waals surface area contributed by atoms with Crippen LogP contribution in [0, 0.1) is 5.41 Å². The molecule has 1 atom stereocenters. The van der Waals surface area contributed by atoms with Crippen LogP contribution in [0.1, 0.15) is 108 Å². The van der Waals surface area contributed by atoms with Crippen molar-refractivity contribution in [2.45, 2.75) is 103 Å². The minimum absolute atomic E-state index is 0. The number of hydrogen-bond acceptors (Lipinski definition) is 22. The van der Waals surface area contributed by atoms with Crippen molar-refractivity contribution in [1.29, 1.82) is 5.41 Å². The van der Waals surface area contributed by atoms with Crippen molar-refractivity contribution in [3.63, 3.8) is 0 Å². The molecule has 584 valence electrons. The number of aryl methyl sites for hydroxylation is 2. The lowest BCUT2D eigenvalue weighted by Gasteiger charge is -2.35. The van der Waals surface area contributed by atoms with Crippen LogP contribution in [0.3, 0.4) is 0 Å². The molecule has 1 fully saturated rings. The first kappa shape index (κ1) is 85.4. The van der Waals surface area contributed by atoms with Gasteiger partial charge in [-0.1, -0.05) is 18.6 Å². The van der Waals surface area contributed by atoms with E-state index >= 15 is 0 Å². The molecule has 0 bridgehead atoms. The van der Waals surface area contributed by atoms with E-state index in [4.69, 9.17) is 57.8 Å². The minimum atomic E-state index is -1.77. The summed E-state index contributed by atoms with van der Waals surface area (Å²) in [6.07, 6.45) is 9.62. The molecule has 28 heteroatoms. The van der Waals surface area contributed by atoms with E-state index in [1.54, 1.807) is 56.6 Å². The van der Waals surface area contributed by atoms with Crippen LogP contribution in [0.5, 0.6) is 34.5 Å². The zero-order valence-corrected chi connectivity index (χ0v) is 64.7. The van der Waals surface area contributed by atoms with Crippen LogP contribution in [-0.4, -0.2) is 222 Å². The van der Waals surface area contributed by atoms with E-state index in [1.165, 1.54) is 29.6 Å². The number of nitrogens with one attached hydrogen (secondary N) is 4. The van der Waals surface area contributed by atoms with Gasteiger partial charge >= 0.3 is 5.69 Å². The van der Waals surface area contributed by atoms with Crippen LogP contribution in [0.4, 0.5) is 17.2 Å². The maximum Gasteiger partial charge on any atom is 0.328 e. The highest BCUT2D eigenvalue weighted by Crippen LogP contribution is 2.39. The number of Topliss-reactive ketones (excluding diaryl/α,β-unsaturated/α-hetero) is 3. The van der Waals surface area contributed by atoms with E-state index in [0.29, 0.717) is 203 Å². The number of hydrogen-bond donors (Lipinski definition) is 4. The number of unbranched alkanes of at least 4 members (excludes halogenated alkanes) is 1. The second-order valence-corrected chi connectivity index (χ2v) is 27.9. The number of carbonyl (C=O) groups excluding carboxylic acids is 4. The van der Waals surface area contributed by atoms with Crippen LogP contribution in [-0.2, 0) is 63.1 Å². The number of nitrogens with zero attached hydrogens (tertiary/aromatic N) is 6. The highest BCUT2D eigenvalue weighted by atomic mass is 32.2. The van der Waals surface area contributed by atoms with Crippen molar-refractivity contribution in [3.05, 3.63) is 123 Å². The van der Waals surface area contributed by atoms with E-state index < -0.39 is 11.0 Å². The smallest absolute Gasteiger partial charge is 0.328 e. The Balaban J connectivity index is 0.0000160. The lowest BCUT2D eigenvalue weighted by atomic mass is 9.88. The molecule has 0 saturated carbocycles. The second kappa shape index (κ2) is 44.5. The Morgan fingerprint density at radius 2 is 1.34 bits per heavy atom. The van der Waals surface area contributed by atoms with E-state index in [0.717, 1.165) is 80.1 Å². The molecule has 1 saturated heterocycles. The fourth-order valence-electron chi connectivity index (χ4n) is 12.4. The normalized spacial score (nSPS) is 13.6. The van der Waals surface area contributed by atoms with Gasteiger partial charge in [-0.2, -0.15) is 0 Å². The summed E-state index contributed by atoms with van der Waals surface area (Å²) in [6.45, 7) is 20.4. The number of carbonyl (C=O) groups is 4. The number of likely N-dealkylation sites (N-methyl/N-ethyl adjacent to an activating group) is 1. The Kier molecular flexibility index (Phi) is 35.5. The summed E-state index contributed by atoms with van der Waals surface area (Å²) in [5, 5.41) is 14.7. The minimum Gasteiger partial charge on any atom is -0.493 e. The van der Waals surface area contributed by atoms with Gasteiger partial charge in [0, 0.05) is 157 Å². The Labute approximate surface area is 630 Å². The molecule has 2 aromatic heterocycles. The van der Waals surface area contributed by atoms with Crippen LogP contribution in [0.15, 0.2) is 111 Å². The molecular weight excluding hydrogens is 1390 g/mol. The molecular formula is C79H110N10O17S. The zero-order chi connectivity index (χ0) is 75.9. The van der Waals surface area contributed by atoms with Gasteiger partial charge in [0.05, 0.1) is 115 Å². The number of benzene rings is 4. The molecule has 6 aromatic rings. The van der Waals surface area contributed by atoms with Crippen molar-refractivity contribution in [2.24, 2.45) is 14.1 Å². The lowest BCUT2D eigenvalue weighted by molar-refractivity contribution is -0.122. The number of ether oxygens (including phenoxy) is 10. The average molecular weight is 1500 g/mol. The maximum atomic E-state index is 13.9. The largest absolute Gasteiger partial charge is 0.493 e. The molecule has 1 aliphatic heterocycles. The summed E-state index contributed by atoms with van der Waals surface area (Å²) in [5.74, 6) is 3.65. The number of rotatable bonds is 49. The molecule has 6 N–H and O–H groups in total. The Morgan fingerprint density at radius 1 is 0.692 bits per heavy atom. The summed E-state index contributed by atoms with van der Waals surface area (Å²) in [6, 6.07) is 21.7. The van der Waals surface area contributed by atoms with Crippen molar-refractivity contribution >= 4 is 68.7 Å². The number of anilines is 3. The van der Waals surface area contributed by atoms with Crippen molar-refractivity contribution in [1.82, 2.24) is 29.2 Å². The fourth-order valence-corrected chi connectivity index (χ4v) is 13.3. The molecule has 27 nitrogen and oxygen atoms in total. The highest BCUT2D eigenvalue weighted by Gasteiger charge is 2.25. The number of fused-ring (bicyclic) bond motifs is 1. The summed E-state index contributed by atoms with van der Waals surface area (Å²) in [4.78, 5) is 76.9. The molecule has 1 aliphatic carbocycles. The molecule has 4 aromatic carbocycles. The van der Waals surface area contributed by atoms with Crippen LogP contribution >= 0.6 is 0 Å². The quantitative estimate of drug-likeness (QED) is 0.0157. The molecule has 1 unspecified atom stereocenters. The summed E-state index contributed by atoms with van der Waals surface area (Å²) in [5.41, 5.74) is 7.38. The Morgan fingerprint density at radius 3 is 1.96 bits per heavy atom. The van der Waals surface area contributed by atoms with Gasteiger partial charge in [0.25, 0.3) is 0 Å². The molecule has 8 rings (SSSR count). The van der Waals surface area contributed by atoms with Gasteiger partial charge in [0.15, 0.2) is 39.8 Å². The maximum absolute atomic E-state index is 13.9. The predicted octanol–water partition coefficient (Wildman–Crippen LogP) is 9.72. The third kappa shape index (κ3) is 26.5. The van der Waals surface area contributed by atoms with E-state index in [1.807, 2.05) is 89.2 Å². The van der Waals surface area contributed by atoms with Crippen molar-refractivity contribution < 1.29 is 76.2 Å². The number of imidazole rings is 1. The third-order valence-corrected chi connectivity index (χ3v) is 19.1. The predicted molar refractivity (Wildman–Crippen MR) is 416 cm³/mol. The lowest BCUT2D eigenvalue weighted by Crippen LogP contribution is -2.48. The number of piperazine rings is 1. The van der Waals surface area contributed by atoms with Crippen LogP contribution in [0.25, 0.3) is 22.2 Å². The van der Waals surface area contributed by atoms with E-state index in [2.05, 4.69) is 25.2 Å². The molecule has 1 amide bonds. The van der Waals surface area contributed by atoms with Crippen molar-refractivity contribution in [3.8, 4) is 45.6 Å². The zero-order valence-electron chi connectivity index (χ0n) is 63.9. The molecule has 0 radical (unpaired) electrons. The number of methoxy groups -OCH3 is 2. The Hall–Kier alpha value is -8.84. The summed E-state index contributed by atoms with van der Waals surface area (Å²) in [7, 11) is 6.56. The Bertz CT molecular complexity index is 4060. The van der Waals surface area contributed by atoms with Gasteiger partial charge in [-0.3, -0.25) is 42.8 Å². The SMILES string of the molecule is CCCOc1cc(OCCCCN(C)CC(=O)CCCOCCOCCOCCOCCOCCC(=O)NCCN2CCN(c3ccc(-c4cc(NC(C)C)c(C=N)c(C(=O)CCC5=C(C)C=C(C)CC5=O)c4)cn3)CC2)cc(Oc2cc3c(cc2NS(=O)c2ccc(OC)c(OC)c2)n(C)c(=O)n3C)c1.O. The number of ketones is 3. The molecule has 3 heterocycles. The van der Waals surface area contributed by atoms with Gasteiger partial charge in [-0.15, -0.1) is 0 Å². The van der Waals surface area contributed by atoms with Gasteiger partial charge in [-0.25, -0.2) is 14.0 Å². The van der Waals surface area contributed by atoms with Crippen LogP contribution in [0.2, 0.25) is 0 Å². The van der Waals surface area contributed by atoms with Gasteiger partial charge in [-0.05, 0) is 133 Å². The number of allylic oxidation sites excluding steroid dienone is 4. The van der Waals surface area contributed by atoms with Gasteiger partial charge < -0.3 is 73.8 Å². The first-order valence-corrected chi connectivity index (χ1v) is 37.8. The third-order valence-electron chi connectivity index (χ3n) is 18.0. The monoisotopic (exact) mass is 1500 g/mol. The van der Waals surface area contributed by atoms with E-state index in [-0.39, 0.29) is 53.3 Å². The summed E-state index contributed by atoms with van der Waals surface area (Å²) >= 11 is 0. The summed E-state index contributed by atoms with van der Waals surface area (Å²) < 4.78 is 77.7. The number of amides is 1. The van der Waals surface area contributed by atoms with Gasteiger partial charge in [0.1, 0.15) is 28.8 Å². The number of pyridine rings is 1.